The first-order valence-corrected chi connectivity index (χ1v) is 8.44. The molecule has 0 aliphatic rings. The van der Waals surface area contributed by atoms with E-state index in [1.165, 1.54) is 62.5 Å². The zero-order valence-corrected chi connectivity index (χ0v) is 13.4. The number of hydrogen-bond donors (Lipinski definition) is 0. The second-order valence-corrected chi connectivity index (χ2v) is 5.98. The van der Waals surface area contributed by atoms with Crippen LogP contribution in [0.25, 0.3) is 0 Å². The zero-order chi connectivity index (χ0) is 13.9. The van der Waals surface area contributed by atoms with E-state index in [0.29, 0.717) is 5.92 Å². The third kappa shape index (κ3) is 7.01. The highest BCUT2D eigenvalue weighted by Crippen LogP contribution is 2.25. The summed E-state index contributed by atoms with van der Waals surface area (Å²) in [5.41, 5.74) is 2.76. The molecule has 0 amide bonds. The van der Waals surface area contributed by atoms with Crippen molar-refractivity contribution < 1.29 is 0 Å². The Morgan fingerprint density at radius 2 is 1.68 bits per heavy atom. The fourth-order valence-corrected chi connectivity index (χ4v) is 2.94. The molecule has 0 aromatic heterocycles. The van der Waals surface area contributed by atoms with Crippen molar-refractivity contribution in [2.24, 2.45) is 0 Å². The summed E-state index contributed by atoms with van der Waals surface area (Å²) in [5, 5.41) is 0. The molecule has 0 bridgehead atoms. The van der Waals surface area contributed by atoms with E-state index in [9.17, 15) is 0 Å². The molecule has 0 nitrogen and oxygen atoms in total. The summed E-state index contributed by atoms with van der Waals surface area (Å²) in [6.07, 6.45) is 10.9. The zero-order valence-electron chi connectivity index (χ0n) is 12.6. The molecule has 1 rings (SSSR count). The van der Waals surface area contributed by atoms with Gasteiger partial charge in [-0.05, 0) is 24.8 Å². The molecule has 19 heavy (non-hydrogen) atoms. The van der Waals surface area contributed by atoms with Crippen LogP contribution in [-0.2, 0) is 0 Å². The second-order valence-electron chi connectivity index (χ2n) is 5.68. The Morgan fingerprint density at radius 1 is 1.00 bits per heavy atom. The van der Waals surface area contributed by atoms with Crippen molar-refractivity contribution in [2.75, 3.05) is 5.88 Å². The Bertz CT molecular complexity index is 332. The number of benzene rings is 1. The predicted octanol–water partition coefficient (Wildman–Crippen LogP) is 6.46. The molecule has 0 spiro atoms. The van der Waals surface area contributed by atoms with Crippen LogP contribution in [0.3, 0.4) is 0 Å². The molecule has 0 fully saturated rings. The molecular formula is C18H29Cl. The minimum atomic E-state index is 0.539. The highest BCUT2D eigenvalue weighted by molar-refractivity contribution is 6.18. The molecule has 0 radical (unpaired) electrons. The summed E-state index contributed by atoms with van der Waals surface area (Å²) < 4.78 is 0. The van der Waals surface area contributed by atoms with Crippen LogP contribution < -0.4 is 0 Å². The number of aryl methyl sites for hydroxylation is 1. The maximum atomic E-state index is 6.14. The summed E-state index contributed by atoms with van der Waals surface area (Å²) in [5.74, 6) is 1.29. The van der Waals surface area contributed by atoms with Crippen molar-refractivity contribution in [1.29, 1.82) is 0 Å². The average molecular weight is 281 g/mol. The molecule has 0 aliphatic carbocycles. The molecule has 0 aliphatic heterocycles. The van der Waals surface area contributed by atoms with Gasteiger partial charge in [-0.15, -0.1) is 11.6 Å². The largest absolute Gasteiger partial charge is 0.126 e. The van der Waals surface area contributed by atoms with Gasteiger partial charge in [-0.3, -0.25) is 0 Å². The van der Waals surface area contributed by atoms with Crippen LogP contribution in [-0.4, -0.2) is 5.88 Å². The highest BCUT2D eigenvalue weighted by atomic mass is 35.5. The topological polar surface area (TPSA) is 0 Å². The standard InChI is InChI=1S/C18H29Cl/c1-3-4-5-6-7-8-9-12-18(15-19)17-13-10-11-16(2)14-17/h10-11,13-14,18H,3-9,12,15H2,1-2H3. The van der Waals surface area contributed by atoms with Gasteiger partial charge in [-0.25, -0.2) is 0 Å². The minimum Gasteiger partial charge on any atom is -0.126 e. The number of alkyl halides is 1. The van der Waals surface area contributed by atoms with Gasteiger partial charge in [0.05, 0.1) is 0 Å². The van der Waals surface area contributed by atoms with E-state index in [1.54, 1.807) is 0 Å². The van der Waals surface area contributed by atoms with E-state index >= 15 is 0 Å². The summed E-state index contributed by atoms with van der Waals surface area (Å²) in [6.45, 7) is 4.43. The smallest absolute Gasteiger partial charge is 0.0292 e. The van der Waals surface area contributed by atoms with Crippen molar-refractivity contribution in [2.45, 2.75) is 71.1 Å². The quantitative estimate of drug-likeness (QED) is 0.341. The van der Waals surface area contributed by atoms with Crippen molar-refractivity contribution in [1.82, 2.24) is 0 Å². The molecule has 108 valence electrons. The van der Waals surface area contributed by atoms with Crippen molar-refractivity contribution >= 4 is 11.6 Å². The van der Waals surface area contributed by atoms with Crippen LogP contribution in [0.15, 0.2) is 24.3 Å². The summed E-state index contributed by atoms with van der Waals surface area (Å²) in [7, 11) is 0. The van der Waals surface area contributed by atoms with E-state index in [0.717, 1.165) is 5.88 Å². The van der Waals surface area contributed by atoms with Crippen molar-refractivity contribution in [3.63, 3.8) is 0 Å². The van der Waals surface area contributed by atoms with E-state index in [-0.39, 0.29) is 0 Å². The van der Waals surface area contributed by atoms with E-state index in [4.69, 9.17) is 11.6 Å². The van der Waals surface area contributed by atoms with Crippen LogP contribution in [0, 0.1) is 6.92 Å². The monoisotopic (exact) mass is 280 g/mol. The van der Waals surface area contributed by atoms with Crippen LogP contribution in [0.1, 0.15) is 75.3 Å². The Labute approximate surface area is 124 Å². The maximum Gasteiger partial charge on any atom is 0.0292 e. The van der Waals surface area contributed by atoms with Gasteiger partial charge in [-0.2, -0.15) is 0 Å². The lowest BCUT2D eigenvalue weighted by Crippen LogP contribution is -2.01. The van der Waals surface area contributed by atoms with Gasteiger partial charge in [0.15, 0.2) is 0 Å². The predicted molar refractivity (Wildman–Crippen MR) is 87.3 cm³/mol. The number of rotatable bonds is 10. The summed E-state index contributed by atoms with van der Waals surface area (Å²) in [4.78, 5) is 0. The van der Waals surface area contributed by atoms with Gasteiger partial charge >= 0.3 is 0 Å². The van der Waals surface area contributed by atoms with Gasteiger partial charge in [-0.1, -0.05) is 81.7 Å². The molecule has 0 saturated carbocycles. The summed E-state index contributed by atoms with van der Waals surface area (Å²) >= 11 is 6.14. The molecule has 0 N–H and O–H groups in total. The average Bonchev–Trinajstić information content (AvgIpc) is 2.42. The normalized spacial score (nSPS) is 12.6. The lowest BCUT2D eigenvalue weighted by molar-refractivity contribution is 0.551. The molecule has 0 saturated heterocycles. The van der Waals surface area contributed by atoms with Gasteiger partial charge in [0.25, 0.3) is 0 Å². The van der Waals surface area contributed by atoms with Crippen LogP contribution >= 0.6 is 11.6 Å². The Kier molecular flexibility index (Phi) is 8.99. The first-order valence-electron chi connectivity index (χ1n) is 7.90. The summed E-state index contributed by atoms with van der Waals surface area (Å²) in [6, 6.07) is 8.81. The van der Waals surface area contributed by atoms with Crippen molar-refractivity contribution in [3.05, 3.63) is 35.4 Å². The molecular weight excluding hydrogens is 252 g/mol. The molecule has 1 aromatic rings. The molecule has 1 atom stereocenters. The van der Waals surface area contributed by atoms with Gasteiger partial charge in [0.1, 0.15) is 0 Å². The first kappa shape index (κ1) is 16.6. The molecule has 1 heteroatoms. The van der Waals surface area contributed by atoms with E-state index < -0.39 is 0 Å². The van der Waals surface area contributed by atoms with Crippen molar-refractivity contribution in [3.8, 4) is 0 Å². The lowest BCUT2D eigenvalue weighted by Gasteiger charge is -2.14. The van der Waals surface area contributed by atoms with E-state index in [2.05, 4.69) is 38.1 Å². The number of unbranched alkanes of at least 4 members (excludes halogenated alkanes) is 6. The lowest BCUT2D eigenvalue weighted by atomic mass is 9.93. The third-order valence-electron chi connectivity index (χ3n) is 3.86. The fourth-order valence-electron chi connectivity index (χ4n) is 2.60. The minimum absolute atomic E-state index is 0.539. The Balaban J connectivity index is 2.22. The van der Waals surface area contributed by atoms with Crippen LogP contribution in [0.5, 0.6) is 0 Å². The molecule has 1 unspecified atom stereocenters. The van der Waals surface area contributed by atoms with Gasteiger partial charge in [0, 0.05) is 5.88 Å². The number of hydrogen-bond acceptors (Lipinski definition) is 0. The van der Waals surface area contributed by atoms with Gasteiger partial charge in [0.2, 0.25) is 0 Å². The second kappa shape index (κ2) is 10.3. The maximum absolute atomic E-state index is 6.14. The highest BCUT2D eigenvalue weighted by Gasteiger charge is 2.09. The SMILES string of the molecule is CCCCCCCCCC(CCl)c1cccc(C)c1. The fraction of sp³-hybridized carbons (Fsp3) is 0.667. The van der Waals surface area contributed by atoms with Crippen LogP contribution in [0.4, 0.5) is 0 Å². The van der Waals surface area contributed by atoms with E-state index in [1.807, 2.05) is 0 Å². The molecule has 0 heterocycles. The Hall–Kier alpha value is -0.490. The molecule has 1 aromatic carbocycles. The third-order valence-corrected chi connectivity index (χ3v) is 4.23. The first-order chi connectivity index (χ1) is 9.27. The van der Waals surface area contributed by atoms with Gasteiger partial charge < -0.3 is 0 Å². The number of halogens is 1. The van der Waals surface area contributed by atoms with Crippen LogP contribution in [0.2, 0.25) is 0 Å². The Morgan fingerprint density at radius 3 is 2.32 bits per heavy atom.